The second-order valence-corrected chi connectivity index (χ2v) is 20.5. The summed E-state index contributed by atoms with van der Waals surface area (Å²) in [5.74, 6) is -0.996. The van der Waals surface area contributed by atoms with Crippen molar-refractivity contribution in [3.8, 4) is 0 Å². The van der Waals surface area contributed by atoms with Gasteiger partial charge in [0.25, 0.3) is 0 Å². The Balaban J connectivity index is 4.33. The summed E-state index contributed by atoms with van der Waals surface area (Å²) in [4.78, 5) is 38.2. The van der Waals surface area contributed by atoms with Crippen molar-refractivity contribution < 1.29 is 28.6 Å². The topological polar surface area (TPSA) is 78.9 Å². The van der Waals surface area contributed by atoms with Crippen LogP contribution in [-0.2, 0) is 28.6 Å². The third kappa shape index (κ3) is 60.8. The molecule has 1 unspecified atom stereocenters. The average molecular weight is 1040 g/mol. The van der Waals surface area contributed by atoms with Crippen molar-refractivity contribution in [1.29, 1.82) is 0 Å². The second kappa shape index (κ2) is 62.6. The quantitative estimate of drug-likeness (QED) is 0.0261. The van der Waals surface area contributed by atoms with Gasteiger partial charge in [-0.05, 0) is 116 Å². The van der Waals surface area contributed by atoms with Crippen molar-refractivity contribution in [3.05, 3.63) is 109 Å². The third-order valence-electron chi connectivity index (χ3n) is 13.2. The first-order valence-electron chi connectivity index (χ1n) is 31.4. The molecular weight excluding hydrogens is 925 g/mol. The van der Waals surface area contributed by atoms with Crippen LogP contribution in [-0.4, -0.2) is 37.2 Å². The van der Waals surface area contributed by atoms with Crippen molar-refractivity contribution in [1.82, 2.24) is 0 Å². The molecule has 0 rings (SSSR count). The number of unbranched alkanes of at least 4 members (excludes halogenated alkanes) is 27. The highest BCUT2D eigenvalue weighted by molar-refractivity contribution is 5.71. The van der Waals surface area contributed by atoms with E-state index in [1.165, 1.54) is 141 Å². The molecule has 0 aromatic carbocycles. The zero-order valence-corrected chi connectivity index (χ0v) is 49.0. The predicted octanol–water partition coefficient (Wildman–Crippen LogP) is 21.4. The molecule has 0 aliphatic rings. The lowest BCUT2D eigenvalue weighted by Crippen LogP contribution is -2.30. The van der Waals surface area contributed by atoms with E-state index in [1.807, 2.05) is 0 Å². The molecule has 0 radical (unpaired) electrons. The van der Waals surface area contributed by atoms with E-state index < -0.39 is 6.10 Å². The molecule has 428 valence electrons. The maximum Gasteiger partial charge on any atom is 0.306 e. The van der Waals surface area contributed by atoms with Gasteiger partial charge in [0.1, 0.15) is 13.2 Å². The van der Waals surface area contributed by atoms with Gasteiger partial charge in [0.05, 0.1) is 0 Å². The largest absolute Gasteiger partial charge is 0.462 e. The molecule has 0 spiro atoms. The van der Waals surface area contributed by atoms with Gasteiger partial charge in [0, 0.05) is 19.3 Å². The second-order valence-electron chi connectivity index (χ2n) is 20.5. The predicted molar refractivity (Wildman–Crippen MR) is 325 cm³/mol. The van der Waals surface area contributed by atoms with E-state index in [4.69, 9.17) is 14.2 Å². The van der Waals surface area contributed by atoms with Gasteiger partial charge in [-0.25, -0.2) is 0 Å². The van der Waals surface area contributed by atoms with E-state index in [2.05, 4.69) is 130 Å². The van der Waals surface area contributed by atoms with Crippen molar-refractivity contribution in [2.75, 3.05) is 13.2 Å². The smallest absolute Gasteiger partial charge is 0.306 e. The molecule has 1 atom stereocenters. The first-order chi connectivity index (χ1) is 37.0. The Morgan fingerprint density at radius 2 is 0.533 bits per heavy atom. The lowest BCUT2D eigenvalue weighted by Gasteiger charge is -2.18. The summed E-state index contributed by atoms with van der Waals surface area (Å²) in [5.41, 5.74) is 0. The minimum atomic E-state index is -0.822. The Morgan fingerprint density at radius 3 is 0.880 bits per heavy atom. The van der Waals surface area contributed by atoms with Crippen LogP contribution in [0.3, 0.4) is 0 Å². The molecule has 0 aliphatic carbocycles. The highest BCUT2D eigenvalue weighted by atomic mass is 16.6. The molecule has 6 nitrogen and oxygen atoms in total. The zero-order valence-electron chi connectivity index (χ0n) is 49.0. The fourth-order valence-corrected chi connectivity index (χ4v) is 8.61. The number of carbonyl (C=O) groups is 3. The van der Waals surface area contributed by atoms with Crippen LogP contribution in [0.15, 0.2) is 109 Å². The van der Waals surface area contributed by atoms with Crippen molar-refractivity contribution in [2.24, 2.45) is 0 Å². The summed E-state index contributed by atoms with van der Waals surface area (Å²) >= 11 is 0. The number of carbonyl (C=O) groups excluding carboxylic acids is 3. The minimum absolute atomic E-state index is 0.110. The lowest BCUT2D eigenvalue weighted by atomic mass is 10.0. The fraction of sp³-hybridized carbons (Fsp3) is 0.696. The van der Waals surface area contributed by atoms with Gasteiger partial charge in [-0.1, -0.05) is 265 Å². The van der Waals surface area contributed by atoms with Crippen LogP contribution < -0.4 is 0 Å². The summed E-state index contributed by atoms with van der Waals surface area (Å²) in [7, 11) is 0. The molecular formula is C69H116O6. The van der Waals surface area contributed by atoms with Crippen molar-refractivity contribution in [3.63, 3.8) is 0 Å². The number of hydrogen-bond donors (Lipinski definition) is 0. The van der Waals surface area contributed by atoms with E-state index in [-0.39, 0.29) is 37.5 Å². The van der Waals surface area contributed by atoms with Crippen LogP contribution in [0.1, 0.15) is 290 Å². The normalized spacial score (nSPS) is 12.8. The maximum absolute atomic E-state index is 12.8. The maximum atomic E-state index is 12.8. The molecule has 0 heterocycles. The van der Waals surface area contributed by atoms with Gasteiger partial charge in [0.15, 0.2) is 6.10 Å². The SMILES string of the molecule is CC/C=C\C/C=C\C/C=C\C/C=C\C/C=C\CCCC(=O)OC(COC(=O)CCCCC/C=C\C/C=C\C/C=C\CC)COC(=O)CCCCCCCCCCCCCCCCC/C=C\CCCCCCCCCC. The average Bonchev–Trinajstić information content (AvgIpc) is 3.41. The minimum Gasteiger partial charge on any atom is -0.462 e. The molecule has 0 fully saturated rings. The summed E-state index contributed by atoms with van der Waals surface area (Å²) in [6.07, 6.45) is 85.5. The Hall–Kier alpha value is -3.93. The van der Waals surface area contributed by atoms with E-state index in [1.54, 1.807) is 0 Å². The highest BCUT2D eigenvalue weighted by Gasteiger charge is 2.19. The number of ether oxygens (including phenoxy) is 3. The van der Waals surface area contributed by atoms with Gasteiger partial charge in [-0.15, -0.1) is 0 Å². The van der Waals surface area contributed by atoms with Crippen LogP contribution in [0.4, 0.5) is 0 Å². The number of hydrogen-bond acceptors (Lipinski definition) is 6. The molecule has 0 saturated heterocycles. The third-order valence-corrected chi connectivity index (χ3v) is 13.2. The highest BCUT2D eigenvalue weighted by Crippen LogP contribution is 2.16. The van der Waals surface area contributed by atoms with Gasteiger partial charge >= 0.3 is 17.9 Å². The first kappa shape index (κ1) is 71.1. The Morgan fingerprint density at radius 1 is 0.280 bits per heavy atom. The lowest BCUT2D eigenvalue weighted by molar-refractivity contribution is -0.167. The fourth-order valence-electron chi connectivity index (χ4n) is 8.61. The van der Waals surface area contributed by atoms with Gasteiger partial charge in [0.2, 0.25) is 0 Å². The van der Waals surface area contributed by atoms with Crippen LogP contribution in [0.5, 0.6) is 0 Å². The van der Waals surface area contributed by atoms with Crippen LogP contribution in [0.25, 0.3) is 0 Å². The molecule has 0 N–H and O–H groups in total. The van der Waals surface area contributed by atoms with Crippen LogP contribution >= 0.6 is 0 Å². The Labute approximate surface area is 463 Å². The number of rotatable bonds is 56. The molecule has 0 aromatic heterocycles. The molecule has 6 heteroatoms. The molecule has 0 bridgehead atoms. The molecule has 0 saturated carbocycles. The Kier molecular flexibility index (Phi) is 59.3. The van der Waals surface area contributed by atoms with Gasteiger partial charge in [-0.2, -0.15) is 0 Å². The van der Waals surface area contributed by atoms with Gasteiger partial charge in [-0.3, -0.25) is 14.4 Å². The molecule has 0 aliphatic heterocycles. The number of esters is 3. The van der Waals surface area contributed by atoms with E-state index in [0.29, 0.717) is 19.3 Å². The van der Waals surface area contributed by atoms with Crippen LogP contribution in [0, 0.1) is 0 Å². The molecule has 75 heavy (non-hydrogen) atoms. The monoisotopic (exact) mass is 1040 g/mol. The summed E-state index contributed by atoms with van der Waals surface area (Å²) < 4.78 is 16.8. The van der Waals surface area contributed by atoms with Crippen molar-refractivity contribution in [2.45, 2.75) is 297 Å². The van der Waals surface area contributed by atoms with E-state index >= 15 is 0 Å². The summed E-state index contributed by atoms with van der Waals surface area (Å²) in [5, 5.41) is 0. The zero-order chi connectivity index (χ0) is 54.3. The standard InChI is InChI=1S/C69H116O6/c1-4-7-10-13-16-19-22-25-27-29-30-31-32-33-34-35-36-37-38-40-41-44-47-50-53-56-59-62-68(71)74-65-66(64-73-67(70)61-58-55-52-49-46-43-24-21-18-15-12-9-6-3)75-69(72)63-60-57-54-51-48-45-42-39-28-26-23-20-17-14-11-8-5-2/h8-9,11-12,17-18,20-21,26,28-30,42-43,45-46,51,54,66H,4-7,10,13-16,19,22-25,27,31-41,44,47-50,52-53,55-65H2,1-3H3/b11-8-,12-9-,20-17-,21-18-,28-26-,30-29-,45-42-,46-43-,54-51-. The van der Waals surface area contributed by atoms with Crippen LogP contribution in [0.2, 0.25) is 0 Å². The molecule has 0 aromatic rings. The van der Waals surface area contributed by atoms with Gasteiger partial charge < -0.3 is 14.2 Å². The first-order valence-corrected chi connectivity index (χ1v) is 31.4. The number of allylic oxidation sites excluding steroid dienone is 18. The molecule has 0 amide bonds. The van der Waals surface area contributed by atoms with Crippen molar-refractivity contribution >= 4 is 17.9 Å². The Bertz CT molecular complexity index is 1520. The van der Waals surface area contributed by atoms with E-state index in [0.717, 1.165) is 103 Å². The summed E-state index contributed by atoms with van der Waals surface area (Å²) in [6, 6.07) is 0. The van der Waals surface area contributed by atoms with E-state index in [9.17, 15) is 14.4 Å². The summed E-state index contributed by atoms with van der Waals surface area (Å²) in [6.45, 7) is 6.35.